The van der Waals surface area contributed by atoms with Gasteiger partial charge in [0.25, 0.3) is 0 Å². The van der Waals surface area contributed by atoms with Gasteiger partial charge in [-0.1, -0.05) is 80.7 Å². The van der Waals surface area contributed by atoms with Crippen LogP contribution in [-0.2, 0) is 41.8 Å². The minimum Gasteiger partial charge on any atom is -0.748 e. The molecule has 0 atom stereocenters. The first-order valence-corrected chi connectivity index (χ1v) is 17.8. The molecule has 0 aliphatic rings. The van der Waals surface area contributed by atoms with Crippen LogP contribution in [0.2, 0.25) is 0 Å². The van der Waals surface area contributed by atoms with Crippen molar-refractivity contribution in [3.63, 3.8) is 0 Å². The molecule has 15 heteroatoms. The average molecular weight is 826 g/mol. The normalized spacial score (nSPS) is 12.3. The van der Waals surface area contributed by atoms with Gasteiger partial charge in [-0.2, -0.15) is 58.8 Å². The van der Waals surface area contributed by atoms with E-state index in [2.05, 4.69) is 0 Å². The molecule has 0 radical (unpaired) electrons. The van der Waals surface area contributed by atoms with E-state index in [1.807, 2.05) is 30.3 Å². The summed E-state index contributed by atoms with van der Waals surface area (Å²) in [5.41, 5.74) is -5.14. The molecule has 6 aromatic carbocycles. The molecular weight excluding hydrogens is 802 g/mol. The predicted octanol–water partition coefficient (Wildman–Crippen LogP) is 10.4. The SMILES string of the molecule is FC(F)(F)c1ccccc1P(c1ccccc1C(F)(F)F)c1ccc[c-]1P(c1ccccc1C(F)(F)F)c1ccccc1C(F)(F)F.[Fe].[cH-]1[cH-][cH-][cH-][cH-]1. The Hall–Kier alpha value is -3.88. The maximum absolute atomic E-state index is 14.4. The number of alkyl halides is 12. The fourth-order valence-corrected chi connectivity index (χ4v) is 11.5. The quantitative estimate of drug-likeness (QED) is 0.0679. The van der Waals surface area contributed by atoms with E-state index in [0.29, 0.717) is 24.3 Å². The van der Waals surface area contributed by atoms with Gasteiger partial charge in [0.15, 0.2) is 0 Å². The monoisotopic (exact) mass is 826 g/mol. The summed E-state index contributed by atoms with van der Waals surface area (Å²) in [6.45, 7) is 0. The zero-order valence-electron chi connectivity index (χ0n) is 26.6. The van der Waals surface area contributed by atoms with Crippen LogP contribution in [0.1, 0.15) is 22.3 Å². The Bertz CT molecular complexity index is 1810. The van der Waals surface area contributed by atoms with Crippen LogP contribution in [0.5, 0.6) is 0 Å². The zero-order valence-corrected chi connectivity index (χ0v) is 29.5. The van der Waals surface area contributed by atoms with Gasteiger partial charge in [0.05, 0.1) is 22.3 Å². The van der Waals surface area contributed by atoms with Crippen molar-refractivity contribution in [1.29, 1.82) is 0 Å². The summed E-state index contributed by atoms with van der Waals surface area (Å²) in [6, 6.07) is 29.0. The third kappa shape index (κ3) is 9.63. The van der Waals surface area contributed by atoms with Crippen LogP contribution in [-0.4, -0.2) is 0 Å². The van der Waals surface area contributed by atoms with Crippen LogP contribution >= 0.6 is 15.8 Å². The van der Waals surface area contributed by atoms with E-state index in [1.54, 1.807) is 0 Å². The molecule has 0 aliphatic heterocycles. The Kier molecular flexibility index (Phi) is 13.1. The van der Waals surface area contributed by atoms with Gasteiger partial charge < -0.3 is 30.3 Å². The van der Waals surface area contributed by atoms with Gasteiger partial charge in [-0.05, 0) is 53.4 Å². The number of benzene rings is 4. The summed E-state index contributed by atoms with van der Waals surface area (Å²) in [7, 11) is -5.75. The molecule has 0 saturated carbocycles. The molecule has 0 heterocycles. The first-order valence-electron chi connectivity index (χ1n) is 15.1. The Morgan fingerprint density at radius 1 is 0.377 bits per heavy atom. The van der Waals surface area contributed by atoms with Crippen molar-refractivity contribution < 1.29 is 69.8 Å². The van der Waals surface area contributed by atoms with Gasteiger partial charge in [-0.25, -0.2) is 12.1 Å². The molecule has 0 unspecified atom stereocenters. The molecule has 0 bridgehead atoms. The van der Waals surface area contributed by atoms with Crippen LogP contribution < -0.4 is 31.8 Å². The number of halogens is 12. The minimum absolute atomic E-state index is 0. The summed E-state index contributed by atoms with van der Waals surface area (Å²) in [4.78, 5) is 0. The van der Waals surface area contributed by atoms with E-state index < -0.39 is 84.0 Å². The van der Waals surface area contributed by atoms with Crippen molar-refractivity contribution in [2.45, 2.75) is 24.7 Å². The molecule has 6 rings (SSSR count). The molecule has 0 amide bonds. The van der Waals surface area contributed by atoms with Crippen LogP contribution in [0.4, 0.5) is 52.7 Å². The Labute approximate surface area is 309 Å². The summed E-state index contributed by atoms with van der Waals surface area (Å²) >= 11 is 0. The Balaban J connectivity index is 0.000000964. The van der Waals surface area contributed by atoms with E-state index in [0.717, 1.165) is 48.5 Å². The molecule has 0 aromatic heterocycles. The molecule has 53 heavy (non-hydrogen) atoms. The van der Waals surface area contributed by atoms with E-state index in [-0.39, 0.29) is 27.7 Å². The van der Waals surface area contributed by atoms with Crippen molar-refractivity contribution in [2.24, 2.45) is 0 Å². The van der Waals surface area contributed by atoms with Crippen molar-refractivity contribution in [3.8, 4) is 0 Å². The molecule has 0 nitrogen and oxygen atoms in total. The molecule has 6 aromatic rings. The maximum Gasteiger partial charge on any atom is 0.417 e. The first-order chi connectivity index (χ1) is 24.4. The Morgan fingerprint density at radius 2 is 0.660 bits per heavy atom. The second kappa shape index (κ2) is 16.6. The minimum atomic E-state index is -5.06. The third-order valence-electron chi connectivity index (χ3n) is 7.61. The second-order valence-corrected chi connectivity index (χ2v) is 15.2. The molecule has 284 valence electrons. The molecule has 0 N–H and O–H groups in total. The summed E-state index contributed by atoms with van der Waals surface area (Å²) in [6.07, 6.45) is -20.2. The van der Waals surface area contributed by atoms with E-state index >= 15 is 0 Å². The number of rotatable bonds is 6. The largest absolute Gasteiger partial charge is 0.748 e. The summed E-state index contributed by atoms with van der Waals surface area (Å²) in [5.74, 6) is 0. The van der Waals surface area contributed by atoms with Crippen LogP contribution in [0.25, 0.3) is 0 Å². The van der Waals surface area contributed by atoms with E-state index in [1.165, 1.54) is 42.5 Å². The van der Waals surface area contributed by atoms with Gasteiger partial charge in [0.1, 0.15) is 0 Å². The summed E-state index contributed by atoms with van der Waals surface area (Å²) < 4.78 is 173. The van der Waals surface area contributed by atoms with Crippen molar-refractivity contribution in [2.75, 3.05) is 0 Å². The van der Waals surface area contributed by atoms with Gasteiger partial charge >= 0.3 is 24.7 Å². The number of hydrogen-bond donors (Lipinski definition) is 0. The predicted molar refractivity (Wildman–Crippen MR) is 181 cm³/mol. The van der Waals surface area contributed by atoms with Gasteiger partial charge in [0, 0.05) is 17.1 Å². The topological polar surface area (TPSA) is 0 Å². The molecule has 0 spiro atoms. The summed E-state index contributed by atoms with van der Waals surface area (Å²) in [5, 5.41) is -2.86. The maximum atomic E-state index is 14.4. The van der Waals surface area contributed by atoms with Crippen molar-refractivity contribution in [3.05, 3.63) is 168 Å². The molecule has 0 saturated heterocycles. The van der Waals surface area contributed by atoms with Gasteiger partial charge in [0.2, 0.25) is 0 Å². The smallest absolute Gasteiger partial charge is 0.417 e. The standard InChI is InChI=1S/C33H19F12P2.C5H5.Fe/c34-30(35,36)20-10-1-5-14-24(20)46(25-15-6-2-11-21(25)31(37,38)39)28-18-9-19-29(28)47(26-16-7-3-12-22(26)32(40,41)42)27-17-8-4-13-23(27)33(43,44)45;1-2-4-5-3-1;/h1-19H;1-5H;/q-1;-5;. The van der Waals surface area contributed by atoms with E-state index in [4.69, 9.17) is 0 Å². The van der Waals surface area contributed by atoms with Crippen LogP contribution in [0.15, 0.2) is 146 Å². The van der Waals surface area contributed by atoms with Crippen molar-refractivity contribution in [1.82, 2.24) is 0 Å². The Morgan fingerprint density at radius 3 is 0.981 bits per heavy atom. The molecular formula is C38H24F12FeP2-6. The average Bonchev–Trinajstić information content (AvgIpc) is 3.81. The van der Waals surface area contributed by atoms with Gasteiger partial charge in [-0.3, -0.25) is 0 Å². The fourth-order valence-electron chi connectivity index (χ4n) is 5.51. The van der Waals surface area contributed by atoms with Crippen molar-refractivity contribution >= 4 is 47.7 Å². The van der Waals surface area contributed by atoms with Crippen LogP contribution in [0, 0.1) is 0 Å². The third-order valence-corrected chi connectivity index (χ3v) is 13.0. The van der Waals surface area contributed by atoms with Gasteiger partial charge in [-0.15, -0.1) is 10.6 Å². The molecule has 0 fully saturated rings. The fraction of sp³-hybridized carbons (Fsp3) is 0.105. The zero-order chi connectivity index (χ0) is 37.9. The first kappa shape index (κ1) is 41.9. The number of hydrogen-bond acceptors (Lipinski definition) is 0. The van der Waals surface area contributed by atoms with Crippen LogP contribution in [0.3, 0.4) is 0 Å². The van der Waals surface area contributed by atoms with E-state index in [9.17, 15) is 52.7 Å². The second-order valence-electron chi connectivity index (χ2n) is 11.0. The molecule has 0 aliphatic carbocycles.